The third-order valence-electron chi connectivity index (χ3n) is 6.83. The normalized spacial score (nSPS) is 18.2. The van der Waals surface area contributed by atoms with Crippen LogP contribution in [0.1, 0.15) is 35.2 Å². The number of nitrogens with one attached hydrogen (secondary N) is 3. The second-order valence-electron chi connectivity index (χ2n) is 9.69. The van der Waals surface area contributed by atoms with Crippen LogP contribution in [0.4, 0.5) is 8.78 Å². The van der Waals surface area contributed by atoms with E-state index in [1.165, 1.54) is 12.1 Å². The summed E-state index contributed by atoms with van der Waals surface area (Å²) in [5.74, 6) is -1.39. The number of carbonyl (C=O) groups excluding carboxylic acids is 2. The molecule has 39 heavy (non-hydrogen) atoms. The molecule has 206 valence electrons. The first-order valence-corrected chi connectivity index (χ1v) is 13.1. The Morgan fingerprint density at radius 2 is 1.82 bits per heavy atom. The van der Waals surface area contributed by atoms with Crippen LogP contribution in [0.25, 0.3) is 10.8 Å². The van der Waals surface area contributed by atoms with Gasteiger partial charge in [-0.1, -0.05) is 30.3 Å². The standard InChI is InChI=1S/C29H34F2N6O2/c1-33-29(32)34-11-4-7-26-28(39)37(18-19-13-23(30)16-24(31)14-19)12-10-25(36-26)17-35-27(38)22-9-8-20-5-2-3-6-21(20)15-22/h2-3,5-6,8-9,13-16,25-26,36H,4,7,10-12,17-18H2,1H3,(H,35,38)(H3,32,33,34). The summed E-state index contributed by atoms with van der Waals surface area (Å²) in [5, 5.41) is 11.4. The minimum atomic E-state index is -0.683. The van der Waals surface area contributed by atoms with Crippen LogP contribution in [0.3, 0.4) is 0 Å². The van der Waals surface area contributed by atoms with Gasteiger partial charge in [0.05, 0.1) is 6.04 Å². The number of aliphatic imine (C=N–C) groups is 1. The van der Waals surface area contributed by atoms with Gasteiger partial charge in [0, 0.05) is 50.9 Å². The second-order valence-corrected chi connectivity index (χ2v) is 9.69. The average Bonchev–Trinajstić information content (AvgIpc) is 3.07. The average molecular weight is 537 g/mol. The Hall–Kier alpha value is -4.05. The summed E-state index contributed by atoms with van der Waals surface area (Å²) in [5.41, 5.74) is 6.64. The molecule has 2 unspecified atom stereocenters. The summed E-state index contributed by atoms with van der Waals surface area (Å²) in [6.07, 6.45) is 1.70. The third kappa shape index (κ3) is 7.73. The maximum atomic E-state index is 13.8. The summed E-state index contributed by atoms with van der Waals surface area (Å²) in [6.45, 7) is 1.33. The lowest BCUT2D eigenvalue weighted by molar-refractivity contribution is -0.133. The molecular formula is C29H34F2N6O2. The molecule has 0 saturated carbocycles. The van der Waals surface area contributed by atoms with Gasteiger partial charge in [0.1, 0.15) is 11.6 Å². The number of hydrogen-bond donors (Lipinski definition) is 4. The Balaban J connectivity index is 1.43. The van der Waals surface area contributed by atoms with Gasteiger partial charge in [-0.2, -0.15) is 0 Å². The van der Waals surface area contributed by atoms with Gasteiger partial charge in [-0.15, -0.1) is 0 Å². The molecule has 10 heteroatoms. The van der Waals surface area contributed by atoms with Gasteiger partial charge in [0.15, 0.2) is 5.96 Å². The quantitative estimate of drug-likeness (QED) is 0.191. The van der Waals surface area contributed by atoms with Gasteiger partial charge in [-0.05, 0) is 59.9 Å². The molecule has 1 aliphatic heterocycles. The molecule has 0 radical (unpaired) electrons. The molecule has 8 nitrogen and oxygen atoms in total. The lowest BCUT2D eigenvalue weighted by atomic mass is 10.1. The topological polar surface area (TPSA) is 112 Å². The number of guanidine groups is 1. The number of hydrogen-bond acceptors (Lipinski definition) is 4. The van der Waals surface area contributed by atoms with Crippen LogP contribution in [0.15, 0.2) is 65.7 Å². The van der Waals surface area contributed by atoms with Crippen LogP contribution in [-0.4, -0.2) is 61.4 Å². The van der Waals surface area contributed by atoms with Crippen LogP contribution >= 0.6 is 0 Å². The minimum Gasteiger partial charge on any atom is -0.370 e. The Morgan fingerprint density at radius 1 is 1.08 bits per heavy atom. The zero-order valence-electron chi connectivity index (χ0n) is 21.9. The SMILES string of the molecule is CN=C(N)NCCCC1NC(CNC(=O)c2ccc3ccccc3c2)CCN(Cc2cc(F)cc(F)c2)C1=O. The molecule has 0 aliphatic carbocycles. The van der Waals surface area contributed by atoms with Crippen LogP contribution in [-0.2, 0) is 11.3 Å². The second kappa shape index (κ2) is 13.1. The summed E-state index contributed by atoms with van der Waals surface area (Å²) >= 11 is 0. The highest BCUT2D eigenvalue weighted by Gasteiger charge is 2.31. The van der Waals surface area contributed by atoms with E-state index in [4.69, 9.17) is 5.73 Å². The van der Waals surface area contributed by atoms with Crippen LogP contribution in [0.2, 0.25) is 0 Å². The van der Waals surface area contributed by atoms with Crippen molar-refractivity contribution in [3.05, 3.63) is 83.4 Å². The number of nitrogens with zero attached hydrogens (tertiary/aromatic N) is 2. The number of carbonyl (C=O) groups is 2. The van der Waals surface area contributed by atoms with E-state index in [-0.39, 0.29) is 24.4 Å². The largest absolute Gasteiger partial charge is 0.370 e. The summed E-state index contributed by atoms with van der Waals surface area (Å²) in [4.78, 5) is 31.8. The van der Waals surface area contributed by atoms with Crippen molar-refractivity contribution in [3.63, 3.8) is 0 Å². The van der Waals surface area contributed by atoms with E-state index >= 15 is 0 Å². The minimum absolute atomic E-state index is 0.0928. The molecule has 0 aromatic heterocycles. The predicted molar refractivity (Wildman–Crippen MR) is 148 cm³/mol. The molecule has 1 heterocycles. The molecule has 2 amide bonds. The summed E-state index contributed by atoms with van der Waals surface area (Å²) in [7, 11) is 1.59. The Labute approximate surface area is 226 Å². The Morgan fingerprint density at radius 3 is 2.56 bits per heavy atom. The Bertz CT molecular complexity index is 1330. The van der Waals surface area contributed by atoms with Crippen molar-refractivity contribution in [2.75, 3.05) is 26.7 Å². The molecule has 1 aliphatic rings. The number of rotatable bonds is 9. The highest BCUT2D eigenvalue weighted by Crippen LogP contribution is 2.18. The van der Waals surface area contributed by atoms with Gasteiger partial charge in [0.2, 0.25) is 5.91 Å². The molecule has 3 aromatic carbocycles. The lowest BCUT2D eigenvalue weighted by Gasteiger charge is -2.25. The number of nitrogens with two attached hydrogens (primary N) is 1. The number of fused-ring (bicyclic) bond motifs is 1. The first-order chi connectivity index (χ1) is 18.8. The van der Waals surface area contributed by atoms with Crippen LogP contribution in [0.5, 0.6) is 0 Å². The Kier molecular flexibility index (Phi) is 9.43. The predicted octanol–water partition coefficient (Wildman–Crippen LogP) is 2.92. The fraction of sp³-hybridized carbons (Fsp3) is 0.345. The zero-order valence-corrected chi connectivity index (χ0v) is 21.9. The van der Waals surface area contributed by atoms with E-state index in [9.17, 15) is 18.4 Å². The lowest BCUT2D eigenvalue weighted by Crippen LogP contribution is -2.49. The first-order valence-electron chi connectivity index (χ1n) is 13.1. The van der Waals surface area contributed by atoms with Crippen molar-refractivity contribution >= 4 is 28.5 Å². The van der Waals surface area contributed by atoms with Crippen molar-refractivity contribution in [1.29, 1.82) is 0 Å². The molecule has 0 spiro atoms. The van der Waals surface area contributed by atoms with Crippen LogP contribution in [0, 0.1) is 11.6 Å². The number of amides is 2. The van der Waals surface area contributed by atoms with E-state index in [1.54, 1.807) is 18.0 Å². The third-order valence-corrected chi connectivity index (χ3v) is 6.83. The molecule has 3 aromatic rings. The monoisotopic (exact) mass is 536 g/mol. The number of benzene rings is 3. The van der Waals surface area contributed by atoms with Crippen molar-refractivity contribution < 1.29 is 18.4 Å². The van der Waals surface area contributed by atoms with Gasteiger partial charge >= 0.3 is 0 Å². The number of halogens is 2. The van der Waals surface area contributed by atoms with E-state index in [2.05, 4.69) is 20.9 Å². The van der Waals surface area contributed by atoms with Crippen molar-refractivity contribution in [1.82, 2.24) is 20.9 Å². The molecule has 1 saturated heterocycles. The fourth-order valence-corrected chi connectivity index (χ4v) is 4.78. The van der Waals surface area contributed by atoms with E-state index in [1.807, 2.05) is 36.4 Å². The van der Waals surface area contributed by atoms with E-state index < -0.39 is 17.7 Å². The summed E-state index contributed by atoms with van der Waals surface area (Å²) in [6, 6.07) is 16.0. The highest BCUT2D eigenvalue weighted by atomic mass is 19.1. The van der Waals surface area contributed by atoms with Crippen molar-refractivity contribution in [2.45, 2.75) is 37.9 Å². The zero-order chi connectivity index (χ0) is 27.8. The molecular weight excluding hydrogens is 502 g/mol. The van der Waals surface area contributed by atoms with Gasteiger partial charge in [0.25, 0.3) is 5.91 Å². The molecule has 0 bridgehead atoms. The maximum Gasteiger partial charge on any atom is 0.251 e. The van der Waals surface area contributed by atoms with E-state index in [0.29, 0.717) is 56.0 Å². The molecule has 2 atom stereocenters. The van der Waals surface area contributed by atoms with Crippen molar-refractivity contribution in [3.8, 4) is 0 Å². The molecule has 1 fully saturated rings. The van der Waals surface area contributed by atoms with Crippen LogP contribution < -0.4 is 21.7 Å². The molecule has 5 N–H and O–H groups in total. The maximum absolute atomic E-state index is 13.8. The highest BCUT2D eigenvalue weighted by molar-refractivity contribution is 5.98. The molecule has 4 rings (SSSR count). The smallest absolute Gasteiger partial charge is 0.251 e. The van der Waals surface area contributed by atoms with Crippen molar-refractivity contribution in [2.24, 2.45) is 10.7 Å². The fourth-order valence-electron chi connectivity index (χ4n) is 4.78. The first kappa shape index (κ1) is 28.0. The van der Waals surface area contributed by atoms with Gasteiger partial charge in [-0.3, -0.25) is 14.6 Å². The summed E-state index contributed by atoms with van der Waals surface area (Å²) < 4.78 is 27.6. The van der Waals surface area contributed by atoms with E-state index in [0.717, 1.165) is 16.8 Å². The van der Waals surface area contributed by atoms with Gasteiger partial charge in [-0.25, -0.2) is 8.78 Å². The van der Waals surface area contributed by atoms with Gasteiger partial charge < -0.3 is 26.6 Å².